The van der Waals surface area contributed by atoms with Gasteiger partial charge >= 0.3 is 0 Å². The Morgan fingerprint density at radius 3 is 2.64 bits per heavy atom. The Labute approximate surface area is 87.9 Å². The van der Waals surface area contributed by atoms with E-state index in [1.807, 2.05) is 0 Å². The Kier molecular flexibility index (Phi) is 3.39. The second-order valence-electron chi connectivity index (χ2n) is 3.68. The van der Waals surface area contributed by atoms with E-state index in [1.165, 1.54) is 24.0 Å². The van der Waals surface area contributed by atoms with Gasteiger partial charge in [-0.15, -0.1) is 9.24 Å². The third-order valence-corrected chi connectivity index (χ3v) is 2.98. The third-order valence-electron chi connectivity index (χ3n) is 2.60. The molecule has 0 aliphatic carbocycles. The van der Waals surface area contributed by atoms with E-state index in [4.69, 9.17) is 0 Å². The second-order valence-corrected chi connectivity index (χ2v) is 4.35. The van der Waals surface area contributed by atoms with Gasteiger partial charge in [0.25, 0.3) is 0 Å². The monoisotopic (exact) mass is 208 g/mol. The Morgan fingerprint density at radius 2 is 1.86 bits per heavy atom. The molecule has 0 radical (unpaired) electrons. The van der Waals surface area contributed by atoms with Crippen LogP contribution in [0.3, 0.4) is 0 Å². The molecule has 1 unspecified atom stereocenters. The number of nitrogens with zero attached hydrogens (tertiary/aromatic N) is 1. The first-order chi connectivity index (χ1) is 6.86. The van der Waals surface area contributed by atoms with E-state index in [0.717, 1.165) is 19.6 Å². The third kappa shape index (κ3) is 2.46. The molecule has 0 spiro atoms. The van der Waals surface area contributed by atoms with Crippen LogP contribution in [-0.4, -0.2) is 26.2 Å². The molecule has 76 valence electrons. The molecule has 14 heavy (non-hydrogen) atoms. The van der Waals surface area contributed by atoms with E-state index in [0.29, 0.717) is 0 Å². The number of anilines is 1. The molecule has 1 saturated heterocycles. The Morgan fingerprint density at radius 1 is 1.07 bits per heavy atom. The van der Waals surface area contributed by atoms with E-state index >= 15 is 0 Å². The average Bonchev–Trinajstić information content (AvgIpc) is 2.47. The van der Waals surface area contributed by atoms with Gasteiger partial charge in [0.2, 0.25) is 0 Å². The summed E-state index contributed by atoms with van der Waals surface area (Å²) in [5, 5.41) is 4.66. The minimum absolute atomic E-state index is 1.10. The van der Waals surface area contributed by atoms with Gasteiger partial charge in [-0.1, -0.05) is 12.1 Å². The summed E-state index contributed by atoms with van der Waals surface area (Å²) in [4.78, 5) is 2.45. The molecule has 1 atom stereocenters. The van der Waals surface area contributed by atoms with Crippen molar-refractivity contribution in [1.29, 1.82) is 0 Å². The molecule has 1 aliphatic heterocycles. The van der Waals surface area contributed by atoms with Crippen molar-refractivity contribution in [3.8, 4) is 0 Å². The normalized spacial score (nSPS) is 17.9. The molecule has 0 saturated carbocycles. The Balaban J connectivity index is 2.08. The van der Waals surface area contributed by atoms with Gasteiger partial charge < -0.3 is 10.2 Å². The Bertz CT molecular complexity index is 276. The first-order valence-corrected chi connectivity index (χ1v) is 5.75. The highest BCUT2D eigenvalue weighted by atomic mass is 31.0. The molecular formula is C11H17N2P. The maximum atomic E-state index is 3.41. The van der Waals surface area contributed by atoms with Crippen LogP contribution in [0.25, 0.3) is 0 Å². The maximum absolute atomic E-state index is 3.41. The quantitative estimate of drug-likeness (QED) is 0.692. The molecule has 1 aromatic carbocycles. The topological polar surface area (TPSA) is 15.3 Å². The smallest absolute Gasteiger partial charge is 0.0367 e. The number of hydrogen-bond acceptors (Lipinski definition) is 2. The predicted molar refractivity (Wildman–Crippen MR) is 65.5 cm³/mol. The van der Waals surface area contributed by atoms with Crippen LogP contribution in [0.15, 0.2) is 24.3 Å². The van der Waals surface area contributed by atoms with E-state index in [-0.39, 0.29) is 0 Å². The maximum Gasteiger partial charge on any atom is 0.0367 e. The fourth-order valence-corrected chi connectivity index (χ4v) is 1.98. The SMILES string of the molecule is Pc1ccc(N2CCCNCC2)cc1. The van der Waals surface area contributed by atoms with Crippen molar-refractivity contribution < 1.29 is 0 Å². The lowest BCUT2D eigenvalue weighted by atomic mass is 10.2. The molecule has 0 aromatic heterocycles. The summed E-state index contributed by atoms with van der Waals surface area (Å²) in [6, 6.07) is 8.71. The van der Waals surface area contributed by atoms with Gasteiger partial charge in [0.1, 0.15) is 0 Å². The van der Waals surface area contributed by atoms with Crippen molar-refractivity contribution in [1.82, 2.24) is 5.32 Å². The zero-order valence-electron chi connectivity index (χ0n) is 8.37. The van der Waals surface area contributed by atoms with Gasteiger partial charge in [0.15, 0.2) is 0 Å². The summed E-state index contributed by atoms with van der Waals surface area (Å²) in [6.07, 6.45) is 1.24. The lowest BCUT2D eigenvalue weighted by Crippen LogP contribution is -2.27. The van der Waals surface area contributed by atoms with Gasteiger partial charge in [0.05, 0.1) is 0 Å². The van der Waals surface area contributed by atoms with Crippen molar-refractivity contribution in [3.63, 3.8) is 0 Å². The highest BCUT2D eigenvalue weighted by Crippen LogP contribution is 2.13. The number of hydrogen-bond donors (Lipinski definition) is 1. The summed E-state index contributed by atoms with van der Waals surface area (Å²) in [7, 11) is 2.72. The van der Waals surface area contributed by atoms with Crippen molar-refractivity contribution in [2.75, 3.05) is 31.1 Å². The number of benzene rings is 1. The summed E-state index contributed by atoms with van der Waals surface area (Å²) in [6.45, 7) is 4.54. The molecule has 1 aliphatic rings. The largest absolute Gasteiger partial charge is 0.370 e. The fourth-order valence-electron chi connectivity index (χ4n) is 1.79. The number of rotatable bonds is 1. The standard InChI is InChI=1S/C11H17N2P/c14-11-4-2-10(3-5-11)13-8-1-6-12-7-9-13/h2-5,12H,1,6-9,14H2. The summed E-state index contributed by atoms with van der Waals surface area (Å²) >= 11 is 0. The summed E-state index contributed by atoms with van der Waals surface area (Å²) in [5.74, 6) is 0. The lowest BCUT2D eigenvalue weighted by molar-refractivity contribution is 0.724. The first kappa shape index (κ1) is 9.95. The minimum Gasteiger partial charge on any atom is -0.370 e. The molecule has 1 aromatic rings. The van der Waals surface area contributed by atoms with Crippen LogP contribution in [0.2, 0.25) is 0 Å². The van der Waals surface area contributed by atoms with Crippen LogP contribution < -0.4 is 15.5 Å². The van der Waals surface area contributed by atoms with Crippen molar-refractivity contribution in [2.24, 2.45) is 0 Å². The van der Waals surface area contributed by atoms with Crippen LogP contribution in [-0.2, 0) is 0 Å². The molecule has 1 N–H and O–H groups in total. The van der Waals surface area contributed by atoms with Crippen molar-refractivity contribution in [2.45, 2.75) is 6.42 Å². The highest BCUT2D eigenvalue weighted by molar-refractivity contribution is 7.27. The van der Waals surface area contributed by atoms with Gasteiger partial charge in [-0.2, -0.15) is 0 Å². The highest BCUT2D eigenvalue weighted by Gasteiger charge is 2.08. The summed E-state index contributed by atoms with van der Waals surface area (Å²) in [5.41, 5.74) is 1.35. The van der Waals surface area contributed by atoms with Crippen LogP contribution in [0.5, 0.6) is 0 Å². The summed E-state index contributed by atoms with van der Waals surface area (Å²) < 4.78 is 0. The molecule has 1 heterocycles. The molecule has 3 heteroatoms. The van der Waals surface area contributed by atoms with E-state index < -0.39 is 0 Å². The zero-order valence-corrected chi connectivity index (χ0v) is 9.52. The fraction of sp³-hybridized carbons (Fsp3) is 0.455. The molecule has 1 fully saturated rings. The average molecular weight is 208 g/mol. The van der Waals surface area contributed by atoms with E-state index in [9.17, 15) is 0 Å². The molecule has 0 bridgehead atoms. The van der Waals surface area contributed by atoms with Gasteiger partial charge in [-0.3, -0.25) is 0 Å². The van der Waals surface area contributed by atoms with Gasteiger partial charge in [-0.05, 0) is 30.4 Å². The zero-order chi connectivity index (χ0) is 9.80. The van der Waals surface area contributed by atoms with E-state index in [2.05, 4.69) is 43.7 Å². The predicted octanol–water partition coefficient (Wildman–Crippen LogP) is 0.987. The Hall–Kier alpha value is -0.590. The first-order valence-electron chi connectivity index (χ1n) is 5.17. The minimum atomic E-state index is 1.10. The van der Waals surface area contributed by atoms with Gasteiger partial charge in [0, 0.05) is 25.3 Å². The van der Waals surface area contributed by atoms with Crippen LogP contribution >= 0.6 is 9.24 Å². The molecule has 0 amide bonds. The van der Waals surface area contributed by atoms with Crippen molar-refractivity contribution in [3.05, 3.63) is 24.3 Å². The molecular weight excluding hydrogens is 191 g/mol. The second kappa shape index (κ2) is 4.77. The molecule has 2 rings (SSSR count). The van der Waals surface area contributed by atoms with Crippen LogP contribution in [0, 0.1) is 0 Å². The lowest BCUT2D eigenvalue weighted by Gasteiger charge is -2.22. The van der Waals surface area contributed by atoms with Crippen molar-refractivity contribution >= 4 is 20.2 Å². The van der Waals surface area contributed by atoms with Crippen LogP contribution in [0.4, 0.5) is 5.69 Å². The van der Waals surface area contributed by atoms with Gasteiger partial charge in [-0.25, -0.2) is 0 Å². The van der Waals surface area contributed by atoms with E-state index in [1.54, 1.807) is 0 Å². The van der Waals surface area contributed by atoms with Crippen LogP contribution in [0.1, 0.15) is 6.42 Å². The molecule has 2 nitrogen and oxygen atoms in total. The number of nitrogens with one attached hydrogen (secondary N) is 1.